The molecule has 0 fully saturated rings. The van der Waals surface area contributed by atoms with E-state index < -0.39 is 0 Å². The minimum absolute atomic E-state index is 0.839. The van der Waals surface area contributed by atoms with Crippen LogP contribution in [0.5, 0.6) is 0 Å². The van der Waals surface area contributed by atoms with Gasteiger partial charge in [0.15, 0.2) is 0 Å². The number of thiophene rings is 1. The molecule has 0 bridgehead atoms. The number of hydrogen-bond acceptors (Lipinski definition) is 2. The number of halogens is 3. The Balaban J connectivity index is 2.02. The Bertz CT molecular complexity index is 476. The maximum atomic E-state index is 3.49. The lowest BCUT2D eigenvalue weighted by molar-refractivity contribution is 1.19. The van der Waals surface area contributed by atoms with Gasteiger partial charge in [-0.25, -0.2) is 0 Å². The first-order chi connectivity index (χ1) is 7.65. The molecule has 2 rings (SSSR count). The van der Waals surface area contributed by atoms with Crippen molar-refractivity contribution in [3.63, 3.8) is 0 Å². The number of nitrogens with one attached hydrogen (secondary N) is 1. The molecule has 0 spiro atoms. The Kier molecular flexibility index (Phi) is 4.47. The largest absolute Gasteiger partial charge is 0.380 e. The summed E-state index contributed by atoms with van der Waals surface area (Å²) in [6, 6.07) is 10.3. The van der Waals surface area contributed by atoms with Gasteiger partial charge >= 0.3 is 0 Å². The predicted octanol–water partition coefficient (Wildman–Crippen LogP) is 5.65. The summed E-state index contributed by atoms with van der Waals surface area (Å²) in [6.45, 7) is 0.839. The number of benzene rings is 1. The van der Waals surface area contributed by atoms with Gasteiger partial charge < -0.3 is 5.32 Å². The monoisotopic (exact) mass is 423 g/mol. The fourth-order valence-corrected chi connectivity index (χ4v) is 3.78. The van der Waals surface area contributed by atoms with Gasteiger partial charge in [0.2, 0.25) is 0 Å². The van der Waals surface area contributed by atoms with Crippen LogP contribution in [0.1, 0.15) is 4.88 Å². The molecule has 84 valence electrons. The van der Waals surface area contributed by atoms with Crippen LogP contribution in [-0.2, 0) is 6.54 Å². The summed E-state index contributed by atoms with van der Waals surface area (Å²) < 4.78 is 3.34. The lowest BCUT2D eigenvalue weighted by Gasteiger charge is -2.04. The van der Waals surface area contributed by atoms with Crippen molar-refractivity contribution in [2.24, 2.45) is 0 Å². The van der Waals surface area contributed by atoms with Crippen molar-refractivity contribution in [3.8, 4) is 0 Å². The number of rotatable bonds is 3. The quantitative estimate of drug-likeness (QED) is 0.670. The Labute approximate surface area is 124 Å². The van der Waals surface area contributed by atoms with Gasteiger partial charge in [0.05, 0.1) is 3.79 Å². The van der Waals surface area contributed by atoms with E-state index in [-0.39, 0.29) is 0 Å². The highest BCUT2D eigenvalue weighted by molar-refractivity contribution is 9.13. The van der Waals surface area contributed by atoms with E-state index in [9.17, 15) is 0 Å². The first-order valence-electron chi connectivity index (χ1n) is 4.58. The van der Waals surface area contributed by atoms with Crippen molar-refractivity contribution in [1.82, 2.24) is 0 Å². The van der Waals surface area contributed by atoms with E-state index in [1.165, 1.54) is 4.88 Å². The van der Waals surface area contributed by atoms with Gasteiger partial charge in [0.25, 0.3) is 0 Å². The summed E-state index contributed by atoms with van der Waals surface area (Å²) in [6.07, 6.45) is 0. The fraction of sp³-hybridized carbons (Fsp3) is 0.0909. The molecule has 0 unspecified atom stereocenters. The molecule has 0 aliphatic heterocycles. The van der Waals surface area contributed by atoms with E-state index in [1.807, 2.05) is 12.1 Å². The summed E-state index contributed by atoms with van der Waals surface area (Å²) >= 11 is 12.2. The maximum absolute atomic E-state index is 3.49. The van der Waals surface area contributed by atoms with Gasteiger partial charge in [-0.1, -0.05) is 22.0 Å². The molecular formula is C11H8Br3NS. The first-order valence-corrected chi connectivity index (χ1v) is 7.78. The summed E-state index contributed by atoms with van der Waals surface area (Å²) in [7, 11) is 0. The molecule has 2 aromatic rings. The van der Waals surface area contributed by atoms with E-state index in [0.717, 1.165) is 25.0 Å². The van der Waals surface area contributed by atoms with Crippen LogP contribution in [0.15, 0.2) is 43.1 Å². The molecule has 0 amide bonds. The van der Waals surface area contributed by atoms with Crippen LogP contribution in [-0.4, -0.2) is 0 Å². The molecule has 0 saturated heterocycles. The predicted molar refractivity (Wildman–Crippen MR) is 81.2 cm³/mol. The molecule has 0 radical (unpaired) electrons. The third-order valence-electron chi connectivity index (χ3n) is 1.99. The second-order valence-corrected chi connectivity index (χ2v) is 7.42. The van der Waals surface area contributed by atoms with Gasteiger partial charge in [0, 0.05) is 26.1 Å². The van der Waals surface area contributed by atoms with Crippen LogP contribution in [0.4, 0.5) is 5.69 Å². The molecule has 1 heterocycles. The normalized spacial score (nSPS) is 10.4. The van der Waals surface area contributed by atoms with Crippen LogP contribution in [0, 0.1) is 0 Å². The smallest absolute Gasteiger partial charge is 0.0843 e. The SMILES string of the molecule is Brc1cccc(NCc2cc(Br)c(Br)s2)c1. The summed E-state index contributed by atoms with van der Waals surface area (Å²) in [5, 5.41) is 3.38. The fourth-order valence-electron chi connectivity index (χ4n) is 1.27. The molecule has 0 atom stereocenters. The molecule has 0 saturated carbocycles. The lowest BCUT2D eigenvalue weighted by atomic mass is 10.3. The van der Waals surface area contributed by atoms with Crippen molar-refractivity contribution in [3.05, 3.63) is 47.9 Å². The van der Waals surface area contributed by atoms with Gasteiger partial charge in [-0.05, 0) is 56.1 Å². The highest BCUT2D eigenvalue weighted by atomic mass is 79.9. The van der Waals surface area contributed by atoms with Crippen LogP contribution in [0.25, 0.3) is 0 Å². The number of hydrogen-bond donors (Lipinski definition) is 1. The lowest BCUT2D eigenvalue weighted by Crippen LogP contribution is -1.96. The molecule has 1 N–H and O–H groups in total. The van der Waals surface area contributed by atoms with Crippen molar-refractivity contribution >= 4 is 64.8 Å². The molecule has 1 aromatic carbocycles. The van der Waals surface area contributed by atoms with Crippen molar-refractivity contribution in [1.29, 1.82) is 0 Å². The average molecular weight is 426 g/mol. The maximum Gasteiger partial charge on any atom is 0.0843 e. The van der Waals surface area contributed by atoms with Crippen LogP contribution in [0.2, 0.25) is 0 Å². The Morgan fingerprint density at radius 3 is 2.56 bits per heavy atom. The molecule has 16 heavy (non-hydrogen) atoms. The molecular weight excluding hydrogens is 418 g/mol. The molecule has 0 aliphatic carbocycles. The zero-order chi connectivity index (χ0) is 11.5. The van der Waals surface area contributed by atoms with Gasteiger partial charge in [-0.2, -0.15) is 0 Å². The van der Waals surface area contributed by atoms with E-state index in [4.69, 9.17) is 0 Å². The third-order valence-corrected chi connectivity index (χ3v) is 5.74. The minimum atomic E-state index is 0.839. The first kappa shape index (κ1) is 12.6. The van der Waals surface area contributed by atoms with Crippen LogP contribution < -0.4 is 5.32 Å². The standard InChI is InChI=1S/C11H8Br3NS/c12-7-2-1-3-8(4-7)15-6-9-5-10(13)11(14)16-9/h1-5,15H,6H2. The second-order valence-electron chi connectivity index (χ2n) is 3.20. The van der Waals surface area contributed by atoms with Gasteiger partial charge in [0.1, 0.15) is 0 Å². The Hall–Kier alpha value is 0.160. The van der Waals surface area contributed by atoms with Gasteiger partial charge in [-0.15, -0.1) is 11.3 Å². The Morgan fingerprint density at radius 1 is 1.12 bits per heavy atom. The summed E-state index contributed by atoms with van der Waals surface area (Å²) in [5.74, 6) is 0. The highest BCUT2D eigenvalue weighted by Gasteiger charge is 2.03. The van der Waals surface area contributed by atoms with Crippen molar-refractivity contribution in [2.45, 2.75) is 6.54 Å². The molecule has 5 heteroatoms. The summed E-state index contributed by atoms with van der Waals surface area (Å²) in [5.41, 5.74) is 1.12. The molecule has 1 nitrogen and oxygen atoms in total. The molecule has 0 aliphatic rings. The van der Waals surface area contributed by atoms with E-state index in [1.54, 1.807) is 11.3 Å². The van der Waals surface area contributed by atoms with E-state index in [0.29, 0.717) is 0 Å². The van der Waals surface area contributed by atoms with E-state index >= 15 is 0 Å². The minimum Gasteiger partial charge on any atom is -0.380 e. The summed E-state index contributed by atoms with van der Waals surface area (Å²) in [4.78, 5) is 1.29. The van der Waals surface area contributed by atoms with Crippen molar-refractivity contribution in [2.75, 3.05) is 5.32 Å². The van der Waals surface area contributed by atoms with E-state index in [2.05, 4.69) is 71.3 Å². The Morgan fingerprint density at radius 2 is 1.94 bits per heavy atom. The zero-order valence-corrected chi connectivity index (χ0v) is 13.7. The average Bonchev–Trinajstić information content (AvgIpc) is 2.56. The van der Waals surface area contributed by atoms with Gasteiger partial charge in [-0.3, -0.25) is 0 Å². The number of anilines is 1. The third kappa shape index (κ3) is 3.32. The van der Waals surface area contributed by atoms with Crippen LogP contribution >= 0.6 is 59.1 Å². The zero-order valence-electron chi connectivity index (χ0n) is 8.14. The molecule has 1 aromatic heterocycles. The van der Waals surface area contributed by atoms with Crippen molar-refractivity contribution < 1.29 is 0 Å². The highest BCUT2D eigenvalue weighted by Crippen LogP contribution is 2.32. The topological polar surface area (TPSA) is 12.0 Å². The second kappa shape index (κ2) is 5.67. The van der Waals surface area contributed by atoms with Crippen LogP contribution in [0.3, 0.4) is 0 Å².